The molecular formula is C10H13NO3. The van der Waals surface area contributed by atoms with E-state index in [2.05, 4.69) is 5.32 Å². The summed E-state index contributed by atoms with van der Waals surface area (Å²) in [5.74, 6) is 1.57. The van der Waals surface area contributed by atoms with Crippen LogP contribution in [0.5, 0.6) is 17.2 Å². The summed E-state index contributed by atoms with van der Waals surface area (Å²) in [7, 11) is 1.83. The van der Waals surface area contributed by atoms with E-state index in [4.69, 9.17) is 9.47 Å². The molecule has 0 saturated carbocycles. The normalized spacial score (nSPS) is 14.1. The van der Waals surface area contributed by atoms with Crippen LogP contribution in [0, 0.1) is 0 Å². The number of phenols is 1. The van der Waals surface area contributed by atoms with E-state index in [-0.39, 0.29) is 5.75 Å². The Hall–Kier alpha value is -1.42. The van der Waals surface area contributed by atoms with Crippen molar-refractivity contribution in [3.05, 3.63) is 17.7 Å². The summed E-state index contributed by atoms with van der Waals surface area (Å²) >= 11 is 0. The number of benzene rings is 1. The lowest BCUT2D eigenvalue weighted by molar-refractivity contribution is 0.170. The van der Waals surface area contributed by atoms with Crippen LogP contribution in [0.1, 0.15) is 5.56 Å². The van der Waals surface area contributed by atoms with Crippen molar-refractivity contribution in [3.63, 3.8) is 0 Å². The third kappa shape index (κ3) is 1.61. The fourth-order valence-corrected chi connectivity index (χ4v) is 1.45. The van der Waals surface area contributed by atoms with Gasteiger partial charge < -0.3 is 19.9 Å². The number of phenolic OH excluding ortho intramolecular Hbond substituents is 1. The molecule has 0 aliphatic carbocycles. The summed E-state index contributed by atoms with van der Waals surface area (Å²) in [5.41, 5.74) is 0.816. The Morgan fingerprint density at radius 2 is 1.93 bits per heavy atom. The molecule has 76 valence electrons. The maximum atomic E-state index is 9.62. The van der Waals surface area contributed by atoms with E-state index < -0.39 is 0 Å². The molecule has 4 heteroatoms. The molecule has 1 aromatic carbocycles. The molecular weight excluding hydrogens is 182 g/mol. The summed E-state index contributed by atoms with van der Waals surface area (Å²) in [6, 6.07) is 3.40. The van der Waals surface area contributed by atoms with Gasteiger partial charge in [-0.1, -0.05) is 0 Å². The highest BCUT2D eigenvalue weighted by Crippen LogP contribution is 2.35. The maximum Gasteiger partial charge on any atom is 0.165 e. The molecule has 0 bridgehead atoms. The molecule has 1 aromatic rings. The molecule has 0 fully saturated rings. The zero-order valence-electron chi connectivity index (χ0n) is 8.04. The van der Waals surface area contributed by atoms with E-state index in [0.29, 0.717) is 31.3 Å². The first-order valence-electron chi connectivity index (χ1n) is 4.57. The molecule has 0 unspecified atom stereocenters. The fraction of sp³-hybridized carbons (Fsp3) is 0.400. The third-order valence-electron chi connectivity index (χ3n) is 2.11. The quantitative estimate of drug-likeness (QED) is 0.735. The Balaban J connectivity index is 2.35. The van der Waals surface area contributed by atoms with Crippen LogP contribution in [0.4, 0.5) is 0 Å². The van der Waals surface area contributed by atoms with Crippen molar-refractivity contribution in [2.75, 3.05) is 20.3 Å². The lowest BCUT2D eigenvalue weighted by Crippen LogP contribution is -2.16. The van der Waals surface area contributed by atoms with Crippen molar-refractivity contribution in [2.24, 2.45) is 0 Å². The van der Waals surface area contributed by atoms with Gasteiger partial charge in [-0.3, -0.25) is 0 Å². The van der Waals surface area contributed by atoms with Gasteiger partial charge in [-0.2, -0.15) is 0 Å². The second-order valence-corrected chi connectivity index (χ2v) is 3.15. The number of rotatable bonds is 2. The second-order valence-electron chi connectivity index (χ2n) is 3.15. The minimum absolute atomic E-state index is 0.239. The molecule has 0 radical (unpaired) electrons. The van der Waals surface area contributed by atoms with Gasteiger partial charge in [-0.15, -0.1) is 0 Å². The van der Waals surface area contributed by atoms with Crippen molar-refractivity contribution < 1.29 is 14.6 Å². The van der Waals surface area contributed by atoms with Gasteiger partial charge in [0.25, 0.3) is 0 Å². The molecule has 0 atom stereocenters. The summed E-state index contributed by atoms with van der Waals surface area (Å²) < 4.78 is 10.7. The summed E-state index contributed by atoms with van der Waals surface area (Å²) in [4.78, 5) is 0. The monoisotopic (exact) mass is 195 g/mol. The average Bonchev–Trinajstić information content (AvgIpc) is 2.19. The highest BCUT2D eigenvalue weighted by Gasteiger charge is 2.14. The molecule has 2 rings (SSSR count). The van der Waals surface area contributed by atoms with Crippen LogP contribution >= 0.6 is 0 Å². The van der Waals surface area contributed by atoms with Crippen LogP contribution in [-0.4, -0.2) is 25.4 Å². The Morgan fingerprint density at radius 3 is 2.57 bits per heavy atom. The molecule has 0 amide bonds. The maximum absolute atomic E-state index is 9.62. The average molecular weight is 195 g/mol. The molecule has 0 saturated heterocycles. The van der Waals surface area contributed by atoms with Crippen molar-refractivity contribution in [1.82, 2.24) is 5.32 Å². The minimum atomic E-state index is 0.239. The van der Waals surface area contributed by atoms with Crippen LogP contribution in [0.2, 0.25) is 0 Å². The molecule has 1 aliphatic heterocycles. The van der Waals surface area contributed by atoms with E-state index in [1.807, 2.05) is 7.05 Å². The molecule has 14 heavy (non-hydrogen) atoms. The molecule has 4 nitrogen and oxygen atoms in total. The number of hydrogen-bond donors (Lipinski definition) is 2. The lowest BCUT2D eigenvalue weighted by atomic mass is 10.1. The zero-order chi connectivity index (χ0) is 9.97. The zero-order valence-corrected chi connectivity index (χ0v) is 8.04. The Labute approximate surface area is 82.5 Å². The van der Waals surface area contributed by atoms with E-state index in [9.17, 15) is 5.11 Å². The largest absolute Gasteiger partial charge is 0.507 e. The second kappa shape index (κ2) is 3.75. The topological polar surface area (TPSA) is 50.7 Å². The van der Waals surface area contributed by atoms with Gasteiger partial charge >= 0.3 is 0 Å². The highest BCUT2D eigenvalue weighted by molar-refractivity contribution is 5.50. The predicted octanol–water partition coefficient (Wildman–Crippen LogP) is 0.883. The first-order chi connectivity index (χ1) is 6.81. The van der Waals surface area contributed by atoms with Gasteiger partial charge in [0.15, 0.2) is 11.5 Å². The van der Waals surface area contributed by atoms with Gasteiger partial charge in [0.2, 0.25) is 0 Å². The molecule has 0 aromatic heterocycles. The van der Waals surface area contributed by atoms with E-state index in [1.54, 1.807) is 12.1 Å². The van der Waals surface area contributed by atoms with Crippen molar-refractivity contribution in [3.8, 4) is 17.2 Å². The highest BCUT2D eigenvalue weighted by atomic mass is 16.6. The fourth-order valence-electron chi connectivity index (χ4n) is 1.45. The van der Waals surface area contributed by atoms with Gasteiger partial charge in [-0.05, 0) is 13.1 Å². The smallest absolute Gasteiger partial charge is 0.165 e. The minimum Gasteiger partial charge on any atom is -0.507 e. The van der Waals surface area contributed by atoms with Gasteiger partial charge in [0.05, 0.1) is 0 Å². The van der Waals surface area contributed by atoms with E-state index in [0.717, 1.165) is 5.56 Å². The predicted molar refractivity (Wildman–Crippen MR) is 51.9 cm³/mol. The summed E-state index contributed by atoms with van der Waals surface area (Å²) in [6.07, 6.45) is 0. The Bertz CT molecular complexity index is 338. The van der Waals surface area contributed by atoms with Crippen molar-refractivity contribution in [2.45, 2.75) is 6.54 Å². The number of aromatic hydroxyl groups is 1. The molecule has 0 spiro atoms. The Morgan fingerprint density at radius 1 is 1.29 bits per heavy atom. The van der Waals surface area contributed by atoms with Crippen LogP contribution < -0.4 is 14.8 Å². The van der Waals surface area contributed by atoms with Gasteiger partial charge in [0.1, 0.15) is 19.0 Å². The number of ether oxygens (including phenoxy) is 2. The van der Waals surface area contributed by atoms with Crippen LogP contribution in [0.15, 0.2) is 12.1 Å². The first kappa shape index (κ1) is 9.15. The van der Waals surface area contributed by atoms with E-state index in [1.165, 1.54) is 0 Å². The van der Waals surface area contributed by atoms with Crippen LogP contribution in [0.3, 0.4) is 0 Å². The van der Waals surface area contributed by atoms with Crippen molar-refractivity contribution in [1.29, 1.82) is 0 Å². The number of nitrogens with one attached hydrogen (secondary N) is 1. The van der Waals surface area contributed by atoms with Crippen molar-refractivity contribution >= 4 is 0 Å². The number of fused-ring (bicyclic) bond motifs is 1. The van der Waals surface area contributed by atoms with Gasteiger partial charge in [0, 0.05) is 18.2 Å². The molecule has 1 heterocycles. The van der Waals surface area contributed by atoms with Crippen LogP contribution in [0.25, 0.3) is 0 Å². The third-order valence-corrected chi connectivity index (χ3v) is 2.11. The standard InChI is InChI=1S/C10H13NO3/c1-11-6-7-4-9-10(5-8(7)12)14-3-2-13-9/h4-5,11-12H,2-3,6H2,1H3. The number of hydrogen-bond acceptors (Lipinski definition) is 4. The van der Waals surface area contributed by atoms with Crippen LogP contribution in [-0.2, 0) is 6.54 Å². The lowest BCUT2D eigenvalue weighted by Gasteiger charge is -2.19. The summed E-state index contributed by atoms with van der Waals surface area (Å²) in [5, 5.41) is 12.6. The SMILES string of the molecule is CNCc1cc2c(cc1O)OCCO2. The van der Waals surface area contributed by atoms with Gasteiger partial charge in [-0.25, -0.2) is 0 Å². The van der Waals surface area contributed by atoms with E-state index >= 15 is 0 Å². The molecule has 1 aliphatic rings. The first-order valence-corrected chi connectivity index (χ1v) is 4.57. The molecule has 2 N–H and O–H groups in total. The Kier molecular flexibility index (Phi) is 2.45. The summed E-state index contributed by atoms with van der Waals surface area (Å²) in [6.45, 7) is 1.72.